The third-order valence-electron chi connectivity index (χ3n) is 4.62. The molecular weight excluding hydrogens is 496 g/mol. The Bertz CT molecular complexity index is 1430. The number of ether oxygens (including phenoxy) is 1. The molecular formula is C22H18F4N2O6S. The molecule has 0 fully saturated rings. The highest BCUT2D eigenvalue weighted by Crippen LogP contribution is 2.27. The molecule has 8 nitrogen and oxygen atoms in total. The third-order valence-corrected chi connectivity index (χ3v) is 5.21. The van der Waals surface area contributed by atoms with Crippen LogP contribution < -0.4 is 16.0 Å². The SMILES string of the molecule is CS(=O)(=O)OCCCOc1cc(F)c(-n2c(N)c(C(=O)c3ccc(F)cc3F)ccc2=O)c(F)c1. The van der Waals surface area contributed by atoms with E-state index in [0.29, 0.717) is 10.6 Å². The fourth-order valence-corrected chi connectivity index (χ4v) is 3.51. The second-order valence-corrected chi connectivity index (χ2v) is 8.87. The number of hydrogen-bond acceptors (Lipinski definition) is 7. The van der Waals surface area contributed by atoms with Gasteiger partial charge in [0.15, 0.2) is 17.4 Å². The number of aromatic nitrogens is 1. The van der Waals surface area contributed by atoms with Gasteiger partial charge in [0.25, 0.3) is 15.7 Å². The molecule has 0 saturated heterocycles. The van der Waals surface area contributed by atoms with Gasteiger partial charge in [-0.3, -0.25) is 18.3 Å². The first-order valence-corrected chi connectivity index (χ1v) is 11.7. The molecule has 13 heteroatoms. The van der Waals surface area contributed by atoms with Gasteiger partial charge in [0, 0.05) is 30.7 Å². The second-order valence-electron chi connectivity index (χ2n) is 7.22. The number of carbonyl (C=O) groups is 1. The maximum absolute atomic E-state index is 14.8. The lowest BCUT2D eigenvalue weighted by Crippen LogP contribution is -2.25. The van der Waals surface area contributed by atoms with Crippen molar-refractivity contribution in [2.45, 2.75) is 6.42 Å². The summed E-state index contributed by atoms with van der Waals surface area (Å²) < 4.78 is 88.8. The van der Waals surface area contributed by atoms with E-state index in [-0.39, 0.29) is 25.4 Å². The van der Waals surface area contributed by atoms with Crippen LogP contribution in [-0.2, 0) is 14.3 Å². The quantitative estimate of drug-likeness (QED) is 0.202. The topological polar surface area (TPSA) is 118 Å². The van der Waals surface area contributed by atoms with Crippen molar-refractivity contribution in [1.29, 1.82) is 0 Å². The fourth-order valence-electron chi connectivity index (χ4n) is 3.09. The molecule has 186 valence electrons. The smallest absolute Gasteiger partial charge is 0.264 e. The lowest BCUT2D eigenvalue weighted by molar-refractivity contribution is 0.103. The van der Waals surface area contributed by atoms with Crippen LogP contribution in [0.5, 0.6) is 5.75 Å². The minimum absolute atomic E-state index is 0.0918. The highest BCUT2D eigenvalue weighted by Gasteiger charge is 2.23. The predicted octanol–water partition coefficient (Wildman–Crippen LogP) is 2.95. The van der Waals surface area contributed by atoms with Crippen molar-refractivity contribution < 1.29 is 39.7 Å². The Morgan fingerprint density at radius 1 is 0.943 bits per heavy atom. The summed E-state index contributed by atoms with van der Waals surface area (Å²) in [6, 6.07) is 5.49. The molecule has 3 rings (SSSR count). The Morgan fingerprint density at radius 3 is 2.17 bits per heavy atom. The highest BCUT2D eigenvalue weighted by molar-refractivity contribution is 7.85. The van der Waals surface area contributed by atoms with Crippen molar-refractivity contribution >= 4 is 21.7 Å². The van der Waals surface area contributed by atoms with Crippen LogP contribution in [-0.4, -0.2) is 38.2 Å². The van der Waals surface area contributed by atoms with Crippen molar-refractivity contribution in [1.82, 2.24) is 4.57 Å². The lowest BCUT2D eigenvalue weighted by atomic mass is 10.0. The van der Waals surface area contributed by atoms with Crippen LogP contribution in [0.3, 0.4) is 0 Å². The van der Waals surface area contributed by atoms with E-state index in [1.165, 1.54) is 0 Å². The van der Waals surface area contributed by atoms with Gasteiger partial charge in [-0.1, -0.05) is 0 Å². The zero-order valence-electron chi connectivity index (χ0n) is 18.1. The summed E-state index contributed by atoms with van der Waals surface area (Å²) >= 11 is 0. The number of halogens is 4. The van der Waals surface area contributed by atoms with E-state index in [1.807, 2.05) is 0 Å². The molecule has 1 heterocycles. The van der Waals surface area contributed by atoms with Gasteiger partial charge in [-0.15, -0.1) is 0 Å². The molecule has 0 radical (unpaired) electrons. The summed E-state index contributed by atoms with van der Waals surface area (Å²) in [5, 5.41) is 0. The van der Waals surface area contributed by atoms with E-state index in [9.17, 15) is 35.6 Å². The zero-order chi connectivity index (χ0) is 25.9. The summed E-state index contributed by atoms with van der Waals surface area (Å²) in [5.41, 5.74) is 2.98. The summed E-state index contributed by atoms with van der Waals surface area (Å²) in [5.74, 6) is -6.62. The Kier molecular flexibility index (Phi) is 7.60. The third kappa shape index (κ3) is 6.05. The van der Waals surface area contributed by atoms with Gasteiger partial charge in [0.1, 0.15) is 28.9 Å². The number of pyridine rings is 1. The number of benzene rings is 2. The number of hydrogen-bond donors (Lipinski definition) is 1. The van der Waals surface area contributed by atoms with Gasteiger partial charge in [-0.25, -0.2) is 17.6 Å². The van der Waals surface area contributed by atoms with Gasteiger partial charge >= 0.3 is 0 Å². The summed E-state index contributed by atoms with van der Waals surface area (Å²) in [6.45, 7) is -0.341. The highest BCUT2D eigenvalue weighted by atomic mass is 32.2. The van der Waals surface area contributed by atoms with Crippen LogP contribution >= 0.6 is 0 Å². The number of nitrogens with two attached hydrogens (primary N) is 1. The standard InChI is InChI=1S/C22H18F4N2O6S/c1-35(31,32)34-8-2-7-33-13-10-17(25)20(18(26)11-13)28-19(29)6-5-15(22(28)27)21(30)14-4-3-12(23)9-16(14)24/h3-6,9-11H,2,7-8,27H2,1H3. The second kappa shape index (κ2) is 10.3. The van der Waals surface area contributed by atoms with Crippen LogP contribution in [0, 0.1) is 23.3 Å². The van der Waals surface area contributed by atoms with E-state index in [0.717, 1.165) is 42.7 Å². The lowest BCUT2D eigenvalue weighted by Gasteiger charge is -2.16. The van der Waals surface area contributed by atoms with Crippen molar-refractivity contribution in [2.75, 3.05) is 25.2 Å². The van der Waals surface area contributed by atoms with E-state index in [2.05, 4.69) is 4.18 Å². The van der Waals surface area contributed by atoms with Crippen LogP contribution in [0.1, 0.15) is 22.3 Å². The van der Waals surface area contributed by atoms with E-state index in [4.69, 9.17) is 10.5 Å². The average Bonchev–Trinajstić information content (AvgIpc) is 2.74. The fraction of sp³-hybridized carbons (Fsp3) is 0.182. The number of anilines is 1. The van der Waals surface area contributed by atoms with Crippen LogP contribution in [0.4, 0.5) is 23.4 Å². The number of rotatable bonds is 9. The predicted molar refractivity (Wildman–Crippen MR) is 117 cm³/mol. The number of nitrogen functional groups attached to an aromatic ring is 1. The monoisotopic (exact) mass is 514 g/mol. The van der Waals surface area contributed by atoms with Crippen LogP contribution in [0.2, 0.25) is 0 Å². The molecule has 35 heavy (non-hydrogen) atoms. The number of ketones is 1. The number of nitrogens with zero attached hydrogens (tertiary/aromatic N) is 1. The molecule has 2 aromatic carbocycles. The minimum atomic E-state index is -3.64. The molecule has 0 aliphatic carbocycles. The van der Waals surface area contributed by atoms with E-state index >= 15 is 0 Å². The zero-order valence-corrected chi connectivity index (χ0v) is 18.9. The summed E-state index contributed by atoms with van der Waals surface area (Å²) in [6.07, 6.45) is 0.957. The van der Waals surface area contributed by atoms with Crippen molar-refractivity contribution in [3.8, 4) is 11.4 Å². The molecule has 0 saturated carbocycles. The van der Waals surface area contributed by atoms with Crippen LogP contribution in [0.25, 0.3) is 5.69 Å². The van der Waals surface area contributed by atoms with E-state index in [1.54, 1.807) is 0 Å². The molecule has 0 aliphatic heterocycles. The molecule has 0 aliphatic rings. The molecule has 0 amide bonds. The first kappa shape index (κ1) is 25.9. The first-order valence-electron chi connectivity index (χ1n) is 9.87. The maximum atomic E-state index is 14.8. The van der Waals surface area contributed by atoms with E-state index < -0.39 is 67.4 Å². The molecule has 1 aromatic heterocycles. The number of carbonyl (C=O) groups excluding carboxylic acids is 1. The van der Waals surface area contributed by atoms with Crippen molar-refractivity contribution in [3.05, 3.63) is 87.2 Å². The first-order chi connectivity index (χ1) is 16.4. The normalized spacial score (nSPS) is 11.5. The largest absolute Gasteiger partial charge is 0.493 e. The summed E-state index contributed by atoms with van der Waals surface area (Å²) in [4.78, 5) is 25.1. The van der Waals surface area contributed by atoms with Gasteiger partial charge in [-0.2, -0.15) is 8.42 Å². The summed E-state index contributed by atoms with van der Waals surface area (Å²) in [7, 11) is -3.64. The molecule has 3 aromatic rings. The van der Waals surface area contributed by atoms with Gasteiger partial charge in [-0.05, 0) is 18.2 Å². The Balaban J connectivity index is 1.92. The molecule has 0 bridgehead atoms. The average molecular weight is 514 g/mol. The van der Waals surface area contributed by atoms with Crippen LogP contribution in [0.15, 0.2) is 47.3 Å². The van der Waals surface area contributed by atoms with Crippen molar-refractivity contribution in [2.24, 2.45) is 0 Å². The minimum Gasteiger partial charge on any atom is -0.493 e. The molecule has 0 atom stereocenters. The maximum Gasteiger partial charge on any atom is 0.264 e. The molecule has 0 spiro atoms. The Hall–Kier alpha value is -3.71. The van der Waals surface area contributed by atoms with Gasteiger partial charge < -0.3 is 10.5 Å². The van der Waals surface area contributed by atoms with Gasteiger partial charge in [0.2, 0.25) is 0 Å². The molecule has 0 unspecified atom stereocenters. The van der Waals surface area contributed by atoms with Crippen molar-refractivity contribution in [3.63, 3.8) is 0 Å². The van der Waals surface area contributed by atoms with Gasteiger partial charge in [0.05, 0.1) is 30.6 Å². The Morgan fingerprint density at radius 2 is 1.57 bits per heavy atom. The Labute approximate surface area is 196 Å². The molecule has 2 N–H and O–H groups in total.